The summed E-state index contributed by atoms with van der Waals surface area (Å²) in [5, 5.41) is 2.82. The Morgan fingerprint density at radius 1 is 1.03 bits per heavy atom. The molecule has 2 heterocycles. The summed E-state index contributed by atoms with van der Waals surface area (Å²) in [7, 11) is 0. The van der Waals surface area contributed by atoms with E-state index in [9.17, 15) is 14.0 Å². The Labute approximate surface area is 208 Å². The number of benzene rings is 2. The molecule has 6 heteroatoms. The number of piperidine rings is 1. The number of carbonyl (C=O) groups excluding carboxylic acids is 2. The fraction of sp³-hybridized carbons (Fsp3) is 0.517. The van der Waals surface area contributed by atoms with Gasteiger partial charge in [-0.15, -0.1) is 0 Å². The van der Waals surface area contributed by atoms with Crippen LogP contribution in [0, 0.1) is 5.82 Å². The van der Waals surface area contributed by atoms with Crippen LogP contribution in [-0.2, 0) is 16.0 Å². The standard InChI is InChI=1S/C29H38FN3O2/c1-22(34)31-18-8-4-7-13-28(35)32-19-9-12-26-27(32)21-29(2,20-23-14-16-24(30)17-15-23)33(26)25-10-5-3-6-11-25/h3,5-6,10-11,14-17,26-27H,4,7-9,12-13,18-21H2,1-2H3,(H,31,34)/t26-,27-,29+/m0/s1. The zero-order valence-electron chi connectivity index (χ0n) is 21.0. The number of hydrogen-bond donors (Lipinski definition) is 1. The Kier molecular flexibility index (Phi) is 8.09. The first-order valence-corrected chi connectivity index (χ1v) is 13.0. The molecule has 2 amide bonds. The van der Waals surface area contributed by atoms with Crippen molar-refractivity contribution >= 4 is 17.5 Å². The number of hydrogen-bond acceptors (Lipinski definition) is 3. The Bertz CT molecular complexity index is 997. The number of likely N-dealkylation sites (tertiary alicyclic amines) is 1. The van der Waals surface area contributed by atoms with Crippen LogP contribution < -0.4 is 10.2 Å². The number of nitrogens with one attached hydrogen (secondary N) is 1. The van der Waals surface area contributed by atoms with Crippen LogP contribution in [0.4, 0.5) is 10.1 Å². The lowest BCUT2D eigenvalue weighted by Gasteiger charge is -2.43. The lowest BCUT2D eigenvalue weighted by atomic mass is 9.87. The van der Waals surface area contributed by atoms with Crippen molar-refractivity contribution in [3.05, 3.63) is 66.0 Å². The maximum Gasteiger partial charge on any atom is 0.222 e. The Balaban J connectivity index is 1.49. The molecule has 0 unspecified atom stereocenters. The SMILES string of the molecule is CC(=O)NCCCCCC(=O)N1CCC[C@H]2[C@@H]1C[C@@](C)(Cc1ccc(F)cc1)N2c1ccccc1. The van der Waals surface area contributed by atoms with E-state index in [0.717, 1.165) is 57.1 Å². The summed E-state index contributed by atoms with van der Waals surface area (Å²) in [4.78, 5) is 29.0. The number of unbranched alkanes of at least 4 members (excludes halogenated alkanes) is 2. The van der Waals surface area contributed by atoms with E-state index in [1.165, 1.54) is 24.7 Å². The number of carbonyl (C=O) groups is 2. The maximum absolute atomic E-state index is 13.6. The van der Waals surface area contributed by atoms with Gasteiger partial charge in [-0.25, -0.2) is 4.39 Å². The van der Waals surface area contributed by atoms with Gasteiger partial charge in [-0.3, -0.25) is 9.59 Å². The zero-order valence-corrected chi connectivity index (χ0v) is 21.0. The van der Waals surface area contributed by atoms with E-state index >= 15 is 0 Å². The third-order valence-corrected chi connectivity index (χ3v) is 7.60. The molecule has 2 fully saturated rings. The van der Waals surface area contributed by atoms with E-state index in [-0.39, 0.29) is 35.3 Å². The normalized spacial score (nSPS) is 23.7. The number of fused-ring (bicyclic) bond motifs is 1. The van der Waals surface area contributed by atoms with Gasteiger partial charge < -0.3 is 15.1 Å². The monoisotopic (exact) mass is 479 g/mol. The minimum Gasteiger partial charge on any atom is -0.361 e. The summed E-state index contributed by atoms with van der Waals surface area (Å²) in [5.74, 6) is 0.0272. The molecule has 2 aliphatic rings. The van der Waals surface area contributed by atoms with Crippen molar-refractivity contribution in [1.82, 2.24) is 10.2 Å². The quantitative estimate of drug-likeness (QED) is 0.510. The number of para-hydroxylation sites is 1. The largest absolute Gasteiger partial charge is 0.361 e. The Hall–Kier alpha value is -2.89. The maximum atomic E-state index is 13.6. The van der Waals surface area contributed by atoms with Crippen molar-refractivity contribution in [2.75, 3.05) is 18.0 Å². The second kappa shape index (κ2) is 11.2. The van der Waals surface area contributed by atoms with Crippen LogP contribution in [0.2, 0.25) is 0 Å². The molecule has 2 saturated heterocycles. The first-order valence-electron chi connectivity index (χ1n) is 13.0. The van der Waals surface area contributed by atoms with E-state index in [1.807, 2.05) is 18.2 Å². The third kappa shape index (κ3) is 6.03. The van der Waals surface area contributed by atoms with Gasteiger partial charge in [-0.05, 0) is 75.3 Å². The molecule has 2 aromatic rings. The second-order valence-electron chi connectivity index (χ2n) is 10.4. The molecule has 0 bridgehead atoms. The highest BCUT2D eigenvalue weighted by molar-refractivity contribution is 5.77. The smallest absolute Gasteiger partial charge is 0.222 e. The highest BCUT2D eigenvalue weighted by Gasteiger charge is 2.52. The predicted octanol–water partition coefficient (Wildman–Crippen LogP) is 5.09. The number of amides is 2. The number of halogens is 1. The van der Waals surface area contributed by atoms with Gasteiger partial charge in [-0.1, -0.05) is 36.8 Å². The van der Waals surface area contributed by atoms with Gasteiger partial charge in [-0.2, -0.15) is 0 Å². The van der Waals surface area contributed by atoms with E-state index < -0.39 is 0 Å². The van der Waals surface area contributed by atoms with Gasteiger partial charge in [0.2, 0.25) is 11.8 Å². The molecule has 5 nitrogen and oxygen atoms in total. The average molecular weight is 480 g/mol. The molecule has 3 atom stereocenters. The van der Waals surface area contributed by atoms with E-state index in [1.54, 1.807) is 0 Å². The van der Waals surface area contributed by atoms with Gasteiger partial charge in [0.05, 0.1) is 12.1 Å². The molecule has 2 aliphatic heterocycles. The molecule has 188 valence electrons. The van der Waals surface area contributed by atoms with E-state index in [0.29, 0.717) is 13.0 Å². The number of anilines is 1. The molecular weight excluding hydrogens is 441 g/mol. The summed E-state index contributed by atoms with van der Waals surface area (Å²) in [5.41, 5.74) is 2.14. The van der Waals surface area contributed by atoms with E-state index in [4.69, 9.17) is 0 Å². The fourth-order valence-electron chi connectivity index (χ4n) is 6.12. The van der Waals surface area contributed by atoms with Crippen LogP contribution >= 0.6 is 0 Å². The van der Waals surface area contributed by atoms with Crippen molar-refractivity contribution < 1.29 is 14.0 Å². The molecule has 2 aromatic carbocycles. The fourth-order valence-corrected chi connectivity index (χ4v) is 6.12. The summed E-state index contributed by atoms with van der Waals surface area (Å²) >= 11 is 0. The summed E-state index contributed by atoms with van der Waals surface area (Å²) in [6, 6.07) is 17.8. The van der Waals surface area contributed by atoms with Gasteiger partial charge >= 0.3 is 0 Å². The zero-order chi connectivity index (χ0) is 24.8. The topological polar surface area (TPSA) is 52.7 Å². The molecular formula is C29H38FN3O2. The average Bonchev–Trinajstić information content (AvgIpc) is 3.14. The molecule has 0 aromatic heterocycles. The summed E-state index contributed by atoms with van der Waals surface area (Å²) < 4.78 is 13.6. The first-order chi connectivity index (χ1) is 16.9. The van der Waals surface area contributed by atoms with Crippen LogP contribution in [0.1, 0.15) is 64.4 Å². The number of nitrogens with zero attached hydrogens (tertiary/aromatic N) is 2. The second-order valence-corrected chi connectivity index (χ2v) is 10.4. The van der Waals surface area contributed by atoms with Crippen LogP contribution in [0.25, 0.3) is 0 Å². The predicted molar refractivity (Wildman–Crippen MR) is 138 cm³/mol. The first kappa shape index (κ1) is 25.2. The highest BCUT2D eigenvalue weighted by atomic mass is 19.1. The molecule has 1 N–H and O–H groups in total. The van der Waals surface area contributed by atoms with Gasteiger partial charge in [0.1, 0.15) is 5.82 Å². The lowest BCUT2D eigenvalue weighted by molar-refractivity contribution is -0.135. The van der Waals surface area contributed by atoms with Gasteiger partial charge in [0.15, 0.2) is 0 Å². The molecule has 35 heavy (non-hydrogen) atoms. The molecule has 0 radical (unpaired) electrons. The van der Waals surface area contributed by atoms with Crippen LogP contribution in [0.15, 0.2) is 54.6 Å². The molecule has 4 rings (SSSR count). The van der Waals surface area contributed by atoms with E-state index in [2.05, 4.69) is 46.3 Å². The highest BCUT2D eigenvalue weighted by Crippen LogP contribution is 2.45. The van der Waals surface area contributed by atoms with Crippen molar-refractivity contribution in [3.8, 4) is 0 Å². The van der Waals surface area contributed by atoms with Crippen molar-refractivity contribution in [1.29, 1.82) is 0 Å². The number of rotatable bonds is 9. The summed E-state index contributed by atoms with van der Waals surface area (Å²) in [6.45, 7) is 5.32. The minimum atomic E-state index is -0.215. The van der Waals surface area contributed by atoms with Crippen LogP contribution in [0.5, 0.6) is 0 Å². The van der Waals surface area contributed by atoms with Gasteiger partial charge in [0, 0.05) is 37.7 Å². The van der Waals surface area contributed by atoms with Crippen molar-refractivity contribution in [2.24, 2.45) is 0 Å². The van der Waals surface area contributed by atoms with Crippen LogP contribution in [-0.4, -0.2) is 47.4 Å². The minimum absolute atomic E-state index is 0.00618. The Morgan fingerprint density at radius 2 is 1.77 bits per heavy atom. The van der Waals surface area contributed by atoms with Crippen LogP contribution in [0.3, 0.4) is 0 Å². The third-order valence-electron chi connectivity index (χ3n) is 7.60. The molecule has 0 aliphatic carbocycles. The Morgan fingerprint density at radius 3 is 2.49 bits per heavy atom. The van der Waals surface area contributed by atoms with Crippen molar-refractivity contribution in [3.63, 3.8) is 0 Å². The molecule has 0 spiro atoms. The van der Waals surface area contributed by atoms with Gasteiger partial charge in [0.25, 0.3) is 0 Å². The van der Waals surface area contributed by atoms with Crippen molar-refractivity contribution in [2.45, 2.75) is 82.8 Å². The molecule has 0 saturated carbocycles. The lowest BCUT2D eigenvalue weighted by Crippen LogP contribution is -2.53. The summed E-state index contributed by atoms with van der Waals surface area (Å²) in [6.07, 6.45) is 7.02.